The van der Waals surface area contributed by atoms with Gasteiger partial charge >= 0.3 is 11.7 Å². The zero-order valence-corrected chi connectivity index (χ0v) is 10.2. The molecule has 102 valence electrons. The zero-order valence-electron chi connectivity index (χ0n) is 10.2. The van der Waals surface area contributed by atoms with Crippen molar-refractivity contribution in [2.75, 3.05) is 5.32 Å². The number of aliphatic carboxylic acids is 1. The summed E-state index contributed by atoms with van der Waals surface area (Å²) in [6, 6.07) is 0. The van der Waals surface area contributed by atoms with Gasteiger partial charge in [-0.25, -0.2) is 14.8 Å². The van der Waals surface area contributed by atoms with Crippen LogP contribution in [-0.2, 0) is 4.79 Å². The normalized spacial score (nSPS) is 17.7. The first-order chi connectivity index (χ1) is 9.03. The van der Waals surface area contributed by atoms with Gasteiger partial charge in [-0.1, -0.05) is 19.3 Å². The lowest BCUT2D eigenvalue weighted by Crippen LogP contribution is -2.48. The van der Waals surface area contributed by atoms with E-state index in [0.29, 0.717) is 12.8 Å². The van der Waals surface area contributed by atoms with Crippen LogP contribution in [0, 0.1) is 10.1 Å². The van der Waals surface area contributed by atoms with Gasteiger partial charge in [0.15, 0.2) is 0 Å². The molecule has 1 aliphatic carbocycles. The van der Waals surface area contributed by atoms with Gasteiger partial charge in [-0.2, -0.15) is 0 Å². The summed E-state index contributed by atoms with van der Waals surface area (Å²) in [5.41, 5.74) is -1.28. The average molecular weight is 266 g/mol. The van der Waals surface area contributed by atoms with Crippen LogP contribution in [0.5, 0.6) is 0 Å². The van der Waals surface area contributed by atoms with Crippen LogP contribution in [0.3, 0.4) is 0 Å². The van der Waals surface area contributed by atoms with Crippen LogP contribution in [0.15, 0.2) is 12.4 Å². The predicted molar refractivity (Wildman–Crippen MR) is 65.8 cm³/mol. The van der Waals surface area contributed by atoms with Gasteiger partial charge in [-0.3, -0.25) is 10.1 Å². The number of aromatic nitrogens is 2. The maximum Gasteiger partial charge on any atom is 0.329 e. The number of carbonyl (C=O) groups is 1. The Kier molecular flexibility index (Phi) is 3.59. The van der Waals surface area contributed by atoms with Gasteiger partial charge in [0, 0.05) is 0 Å². The van der Waals surface area contributed by atoms with E-state index in [1.54, 1.807) is 0 Å². The Balaban J connectivity index is 2.17. The molecule has 1 fully saturated rings. The van der Waals surface area contributed by atoms with Crippen LogP contribution in [0.1, 0.15) is 32.1 Å². The van der Waals surface area contributed by atoms with Crippen LogP contribution in [-0.4, -0.2) is 31.5 Å². The Bertz CT molecular complexity index is 482. The minimum Gasteiger partial charge on any atom is -0.480 e. The molecule has 0 spiro atoms. The molecule has 0 bridgehead atoms. The minimum atomic E-state index is -1.06. The van der Waals surface area contributed by atoms with E-state index in [2.05, 4.69) is 15.3 Å². The van der Waals surface area contributed by atoms with Gasteiger partial charge in [0.25, 0.3) is 0 Å². The number of hydrogen-bond acceptors (Lipinski definition) is 6. The van der Waals surface area contributed by atoms with Crippen molar-refractivity contribution in [2.45, 2.75) is 37.6 Å². The Morgan fingerprint density at radius 1 is 1.32 bits per heavy atom. The molecule has 1 aromatic rings. The largest absolute Gasteiger partial charge is 0.480 e. The predicted octanol–water partition coefficient (Wildman–Crippen LogP) is 1.58. The molecule has 0 radical (unpaired) electrons. The molecule has 2 N–H and O–H groups in total. The van der Waals surface area contributed by atoms with E-state index in [-0.39, 0.29) is 11.6 Å². The molecule has 1 aliphatic rings. The number of nitrogens with one attached hydrogen (secondary N) is 1. The van der Waals surface area contributed by atoms with E-state index in [4.69, 9.17) is 0 Å². The van der Waals surface area contributed by atoms with E-state index in [1.807, 2.05) is 0 Å². The number of nitrogens with zero attached hydrogens (tertiary/aromatic N) is 3. The number of nitro groups is 1. The molecule has 0 unspecified atom stereocenters. The first-order valence-electron chi connectivity index (χ1n) is 6.01. The molecule has 1 aromatic heterocycles. The van der Waals surface area contributed by atoms with Gasteiger partial charge in [-0.05, 0) is 12.8 Å². The maximum absolute atomic E-state index is 11.4. The van der Waals surface area contributed by atoms with E-state index < -0.39 is 16.4 Å². The van der Waals surface area contributed by atoms with Crippen LogP contribution in [0.2, 0.25) is 0 Å². The lowest BCUT2D eigenvalue weighted by Gasteiger charge is -2.33. The second kappa shape index (κ2) is 5.17. The third-order valence-corrected chi connectivity index (χ3v) is 3.32. The molecule has 0 atom stereocenters. The van der Waals surface area contributed by atoms with E-state index >= 15 is 0 Å². The molecule has 0 aliphatic heterocycles. The zero-order chi connectivity index (χ0) is 13.9. The lowest BCUT2D eigenvalue weighted by molar-refractivity contribution is -0.385. The summed E-state index contributed by atoms with van der Waals surface area (Å²) < 4.78 is 0. The number of carboxylic acids is 1. The third-order valence-electron chi connectivity index (χ3n) is 3.32. The molecule has 19 heavy (non-hydrogen) atoms. The highest BCUT2D eigenvalue weighted by atomic mass is 16.6. The van der Waals surface area contributed by atoms with Crippen molar-refractivity contribution in [3.05, 3.63) is 22.5 Å². The number of carboxylic acid groups (broad SMARTS) is 1. The number of hydrogen-bond donors (Lipinski definition) is 2. The van der Waals surface area contributed by atoms with Crippen molar-refractivity contribution < 1.29 is 14.8 Å². The van der Waals surface area contributed by atoms with Crippen LogP contribution in [0.4, 0.5) is 11.6 Å². The Morgan fingerprint density at radius 2 is 1.89 bits per heavy atom. The summed E-state index contributed by atoms with van der Waals surface area (Å²) in [4.78, 5) is 28.9. The molecule has 0 saturated heterocycles. The van der Waals surface area contributed by atoms with Gasteiger partial charge in [0.05, 0.1) is 4.92 Å². The molecule has 1 heterocycles. The van der Waals surface area contributed by atoms with Crippen molar-refractivity contribution in [2.24, 2.45) is 0 Å². The van der Waals surface area contributed by atoms with Crippen LogP contribution < -0.4 is 5.32 Å². The fourth-order valence-electron chi connectivity index (χ4n) is 2.24. The van der Waals surface area contributed by atoms with Crippen molar-refractivity contribution in [3.8, 4) is 0 Å². The Labute approximate surface area is 109 Å². The number of anilines is 1. The van der Waals surface area contributed by atoms with Gasteiger partial charge in [0.1, 0.15) is 17.9 Å². The second-order valence-electron chi connectivity index (χ2n) is 4.59. The Hall–Kier alpha value is -2.25. The molecule has 8 nitrogen and oxygen atoms in total. The minimum absolute atomic E-state index is 0.106. The Morgan fingerprint density at radius 3 is 2.37 bits per heavy atom. The highest BCUT2D eigenvalue weighted by molar-refractivity contribution is 5.82. The fourth-order valence-corrected chi connectivity index (χ4v) is 2.24. The summed E-state index contributed by atoms with van der Waals surface area (Å²) in [6.07, 6.45) is 5.79. The van der Waals surface area contributed by atoms with E-state index in [0.717, 1.165) is 31.7 Å². The average Bonchev–Trinajstić information content (AvgIpc) is 2.40. The van der Waals surface area contributed by atoms with Gasteiger partial charge < -0.3 is 10.4 Å². The summed E-state index contributed by atoms with van der Waals surface area (Å²) in [6.45, 7) is 0. The summed E-state index contributed by atoms with van der Waals surface area (Å²) in [5.74, 6) is -0.830. The summed E-state index contributed by atoms with van der Waals surface area (Å²) >= 11 is 0. The first kappa shape index (κ1) is 13.2. The van der Waals surface area contributed by atoms with Gasteiger partial charge in [-0.15, -0.1) is 0 Å². The quantitative estimate of drug-likeness (QED) is 0.627. The van der Waals surface area contributed by atoms with Crippen molar-refractivity contribution in [1.29, 1.82) is 0 Å². The monoisotopic (exact) mass is 266 g/mol. The lowest BCUT2D eigenvalue weighted by atomic mass is 9.82. The molecular weight excluding hydrogens is 252 g/mol. The molecule has 8 heteroatoms. The van der Waals surface area contributed by atoms with Crippen LogP contribution >= 0.6 is 0 Å². The molecule has 1 saturated carbocycles. The standard InChI is InChI=1S/C11H14N4O4/c16-9(17)11(4-2-1-3-5-11)14-10-12-6-8(7-13-10)15(18)19/h6-7H,1-5H2,(H,16,17)(H,12,13,14). The molecule has 0 aromatic carbocycles. The summed E-state index contributed by atoms with van der Waals surface area (Å²) in [7, 11) is 0. The number of rotatable bonds is 4. The first-order valence-corrected chi connectivity index (χ1v) is 6.01. The van der Waals surface area contributed by atoms with E-state index in [9.17, 15) is 20.0 Å². The van der Waals surface area contributed by atoms with Crippen LogP contribution in [0.25, 0.3) is 0 Å². The molecule has 0 amide bonds. The summed E-state index contributed by atoms with van der Waals surface area (Å²) in [5, 5.41) is 22.7. The SMILES string of the molecule is O=C(O)C1(Nc2ncc([N+](=O)[O-])cn2)CCCCC1. The highest BCUT2D eigenvalue weighted by Crippen LogP contribution is 2.31. The molecule has 2 rings (SSSR count). The van der Waals surface area contributed by atoms with Crippen molar-refractivity contribution >= 4 is 17.6 Å². The molecular formula is C11H14N4O4. The smallest absolute Gasteiger partial charge is 0.329 e. The third kappa shape index (κ3) is 2.78. The second-order valence-corrected chi connectivity index (χ2v) is 4.59. The van der Waals surface area contributed by atoms with Crippen molar-refractivity contribution in [3.63, 3.8) is 0 Å². The topological polar surface area (TPSA) is 118 Å². The fraction of sp³-hybridized carbons (Fsp3) is 0.545. The van der Waals surface area contributed by atoms with E-state index in [1.165, 1.54) is 0 Å². The highest BCUT2D eigenvalue weighted by Gasteiger charge is 2.40. The maximum atomic E-state index is 11.4. The van der Waals surface area contributed by atoms with Gasteiger partial charge in [0.2, 0.25) is 5.95 Å². The van der Waals surface area contributed by atoms with Crippen molar-refractivity contribution in [1.82, 2.24) is 9.97 Å².